The maximum absolute atomic E-state index is 13.2. The number of nitrogens with one attached hydrogen (secondary N) is 1. The van der Waals surface area contributed by atoms with Crippen LogP contribution in [0.5, 0.6) is 0 Å². The SMILES string of the molecule is O=C(NCc1csc(-c2ccccc2)n1)C1CCN(S(=O)(=O)c2cccc3nsnc23)CC1. The molecule has 170 valence electrons. The van der Waals surface area contributed by atoms with Crippen molar-refractivity contribution in [3.8, 4) is 10.6 Å². The fourth-order valence-corrected chi connectivity index (χ4v) is 6.96. The number of benzene rings is 2. The van der Waals surface area contributed by atoms with E-state index in [0.29, 0.717) is 43.5 Å². The first-order valence-electron chi connectivity index (χ1n) is 10.5. The Bertz CT molecular complexity index is 1380. The fraction of sp³-hybridized carbons (Fsp3) is 0.273. The molecule has 0 saturated carbocycles. The van der Waals surface area contributed by atoms with Crippen LogP contribution in [-0.4, -0.2) is 45.5 Å². The van der Waals surface area contributed by atoms with Crippen molar-refractivity contribution in [2.24, 2.45) is 5.92 Å². The maximum Gasteiger partial charge on any atom is 0.245 e. The van der Waals surface area contributed by atoms with Crippen molar-refractivity contribution in [1.29, 1.82) is 0 Å². The molecule has 2 aromatic carbocycles. The molecule has 0 spiro atoms. The predicted octanol–water partition coefficient (Wildman–Crippen LogP) is 3.53. The summed E-state index contributed by atoms with van der Waals surface area (Å²) < 4.78 is 36.0. The Morgan fingerprint density at radius 2 is 1.85 bits per heavy atom. The zero-order chi connectivity index (χ0) is 22.8. The third-order valence-corrected chi connectivity index (χ3v) is 9.12. The molecule has 1 aliphatic rings. The predicted molar refractivity (Wildman–Crippen MR) is 128 cm³/mol. The lowest BCUT2D eigenvalue weighted by atomic mass is 9.97. The van der Waals surface area contributed by atoms with Crippen LogP contribution in [0.1, 0.15) is 18.5 Å². The molecule has 5 rings (SSSR count). The average molecular weight is 500 g/mol. The van der Waals surface area contributed by atoms with Crippen molar-refractivity contribution in [3.63, 3.8) is 0 Å². The first-order valence-corrected chi connectivity index (χ1v) is 13.6. The first kappa shape index (κ1) is 22.1. The Kier molecular flexibility index (Phi) is 6.19. The van der Waals surface area contributed by atoms with Gasteiger partial charge in [0.25, 0.3) is 0 Å². The topological polar surface area (TPSA) is 105 Å². The van der Waals surface area contributed by atoms with Gasteiger partial charge in [0.15, 0.2) is 0 Å². The number of hydrogen-bond acceptors (Lipinski definition) is 8. The molecule has 11 heteroatoms. The summed E-state index contributed by atoms with van der Waals surface area (Å²) in [5.74, 6) is -0.285. The summed E-state index contributed by atoms with van der Waals surface area (Å²) in [6.07, 6.45) is 0.950. The molecule has 4 aromatic rings. The number of amides is 1. The highest BCUT2D eigenvalue weighted by Crippen LogP contribution is 2.28. The molecule has 33 heavy (non-hydrogen) atoms. The molecule has 8 nitrogen and oxygen atoms in total. The van der Waals surface area contributed by atoms with Gasteiger partial charge in [-0.3, -0.25) is 4.79 Å². The van der Waals surface area contributed by atoms with Crippen LogP contribution in [0.2, 0.25) is 0 Å². The zero-order valence-electron chi connectivity index (χ0n) is 17.5. The first-order chi connectivity index (χ1) is 16.0. The highest BCUT2D eigenvalue weighted by atomic mass is 32.2. The van der Waals surface area contributed by atoms with Crippen LogP contribution < -0.4 is 5.32 Å². The summed E-state index contributed by atoms with van der Waals surface area (Å²) >= 11 is 2.55. The number of aromatic nitrogens is 3. The molecule has 0 bridgehead atoms. The Balaban J connectivity index is 1.18. The molecular formula is C22H21N5O3S3. The zero-order valence-corrected chi connectivity index (χ0v) is 20.0. The Morgan fingerprint density at radius 3 is 2.64 bits per heavy atom. The molecule has 1 N–H and O–H groups in total. The minimum Gasteiger partial charge on any atom is -0.350 e. The Hall–Kier alpha value is -2.73. The lowest BCUT2D eigenvalue weighted by molar-refractivity contribution is -0.126. The van der Waals surface area contributed by atoms with E-state index in [1.54, 1.807) is 29.5 Å². The largest absolute Gasteiger partial charge is 0.350 e. The van der Waals surface area contributed by atoms with Crippen molar-refractivity contribution < 1.29 is 13.2 Å². The lowest BCUT2D eigenvalue weighted by Gasteiger charge is -2.30. The molecule has 1 fully saturated rings. The second kappa shape index (κ2) is 9.26. The smallest absolute Gasteiger partial charge is 0.245 e. The maximum atomic E-state index is 13.2. The van der Waals surface area contributed by atoms with Gasteiger partial charge in [-0.25, -0.2) is 13.4 Å². The van der Waals surface area contributed by atoms with Gasteiger partial charge in [0, 0.05) is 30.0 Å². The summed E-state index contributed by atoms with van der Waals surface area (Å²) in [5.41, 5.74) is 2.85. The van der Waals surface area contributed by atoms with Gasteiger partial charge in [0.2, 0.25) is 15.9 Å². The average Bonchev–Trinajstić information content (AvgIpc) is 3.53. The van der Waals surface area contributed by atoms with Gasteiger partial charge in [-0.2, -0.15) is 13.1 Å². The van der Waals surface area contributed by atoms with Gasteiger partial charge in [-0.05, 0) is 25.0 Å². The van der Waals surface area contributed by atoms with Gasteiger partial charge < -0.3 is 5.32 Å². The van der Waals surface area contributed by atoms with Gasteiger partial charge in [-0.15, -0.1) is 11.3 Å². The normalized spacial score (nSPS) is 15.6. The number of fused-ring (bicyclic) bond motifs is 1. The second-order valence-corrected chi connectivity index (χ2v) is 11.1. The van der Waals surface area contributed by atoms with Crippen LogP contribution in [0.4, 0.5) is 0 Å². The second-order valence-electron chi connectivity index (χ2n) is 7.79. The summed E-state index contributed by atoms with van der Waals surface area (Å²) in [6, 6.07) is 14.9. The molecule has 0 aliphatic carbocycles. The number of sulfonamides is 1. The number of nitrogens with zero attached hydrogens (tertiary/aromatic N) is 4. The van der Waals surface area contributed by atoms with E-state index >= 15 is 0 Å². The monoisotopic (exact) mass is 499 g/mol. The summed E-state index contributed by atoms with van der Waals surface area (Å²) in [6.45, 7) is 0.950. The molecule has 0 unspecified atom stereocenters. The van der Waals surface area contributed by atoms with Gasteiger partial charge in [0.1, 0.15) is 20.9 Å². The highest BCUT2D eigenvalue weighted by molar-refractivity contribution is 7.89. The van der Waals surface area contributed by atoms with Crippen LogP contribution in [0.25, 0.3) is 21.6 Å². The number of hydrogen-bond donors (Lipinski definition) is 1. The van der Waals surface area contributed by atoms with Crippen LogP contribution in [0.15, 0.2) is 58.8 Å². The third kappa shape index (κ3) is 4.54. The van der Waals surface area contributed by atoms with E-state index in [2.05, 4.69) is 19.0 Å². The molecule has 3 heterocycles. The van der Waals surface area contributed by atoms with E-state index in [9.17, 15) is 13.2 Å². The standard InChI is InChI=1S/C22H21N5O3S3/c28-21(23-13-17-14-31-22(24-17)16-5-2-1-3-6-16)15-9-11-27(12-10-15)33(29,30)19-8-4-7-18-20(19)26-32-25-18/h1-8,14-15H,9-13H2,(H,23,28). The van der Waals surface area contributed by atoms with Crippen LogP contribution in [0, 0.1) is 5.92 Å². The Morgan fingerprint density at radius 1 is 1.06 bits per heavy atom. The van der Waals surface area contributed by atoms with Crippen LogP contribution >= 0.6 is 23.1 Å². The van der Waals surface area contributed by atoms with E-state index in [1.807, 2.05) is 35.7 Å². The number of carbonyl (C=O) groups excluding carboxylic acids is 1. The quantitative estimate of drug-likeness (QED) is 0.435. The minimum absolute atomic E-state index is 0.0629. The summed E-state index contributed by atoms with van der Waals surface area (Å²) in [4.78, 5) is 17.5. The van der Waals surface area contributed by atoms with Gasteiger partial charge in [-0.1, -0.05) is 36.4 Å². The molecule has 0 radical (unpaired) electrons. The summed E-state index contributed by atoms with van der Waals surface area (Å²) in [7, 11) is -3.69. The molecule has 1 amide bonds. The number of thiazole rings is 1. The van der Waals surface area contributed by atoms with Gasteiger partial charge in [0.05, 0.1) is 24.0 Å². The molecule has 1 saturated heterocycles. The molecular weight excluding hydrogens is 478 g/mol. The molecule has 1 aliphatic heterocycles. The number of carbonyl (C=O) groups is 1. The fourth-order valence-electron chi connectivity index (χ4n) is 3.91. The number of rotatable bonds is 6. The number of piperidine rings is 1. The van der Waals surface area contributed by atoms with Crippen molar-refractivity contribution in [2.75, 3.05) is 13.1 Å². The highest BCUT2D eigenvalue weighted by Gasteiger charge is 2.33. The van der Waals surface area contributed by atoms with Crippen molar-refractivity contribution in [2.45, 2.75) is 24.3 Å². The summed E-state index contributed by atoms with van der Waals surface area (Å²) in [5, 5.41) is 5.83. The van der Waals surface area contributed by atoms with Crippen molar-refractivity contribution >= 4 is 50.0 Å². The van der Waals surface area contributed by atoms with E-state index in [1.165, 1.54) is 4.31 Å². The lowest BCUT2D eigenvalue weighted by Crippen LogP contribution is -2.42. The van der Waals surface area contributed by atoms with Crippen LogP contribution in [-0.2, 0) is 21.4 Å². The van der Waals surface area contributed by atoms with Crippen molar-refractivity contribution in [3.05, 3.63) is 59.6 Å². The van der Waals surface area contributed by atoms with E-state index in [4.69, 9.17) is 0 Å². The van der Waals surface area contributed by atoms with Crippen LogP contribution in [0.3, 0.4) is 0 Å². The van der Waals surface area contributed by atoms with Crippen molar-refractivity contribution in [1.82, 2.24) is 23.4 Å². The van der Waals surface area contributed by atoms with E-state index < -0.39 is 10.0 Å². The molecule has 2 aromatic heterocycles. The minimum atomic E-state index is -3.69. The molecule has 0 atom stereocenters. The van der Waals surface area contributed by atoms with Gasteiger partial charge >= 0.3 is 0 Å². The third-order valence-electron chi connectivity index (χ3n) is 5.71. The van der Waals surface area contributed by atoms with E-state index in [0.717, 1.165) is 28.0 Å². The van der Waals surface area contributed by atoms with E-state index in [-0.39, 0.29) is 16.7 Å². The Labute approximate surface area is 199 Å².